The largest absolute Gasteiger partial charge is 0.496 e. The summed E-state index contributed by atoms with van der Waals surface area (Å²) in [4.78, 5) is 23.9. The van der Waals surface area contributed by atoms with Gasteiger partial charge in [-0.15, -0.1) is 0 Å². The summed E-state index contributed by atoms with van der Waals surface area (Å²) in [5, 5.41) is 3.21. The number of carbonyl (C=O) groups excluding carboxylic acids is 2. The monoisotopic (exact) mass is 415 g/mol. The highest BCUT2D eigenvalue weighted by molar-refractivity contribution is 6.42. The molecule has 0 bridgehead atoms. The van der Waals surface area contributed by atoms with Gasteiger partial charge in [-0.05, 0) is 36.2 Å². The molecule has 0 fully saturated rings. The molecule has 0 spiro atoms. The molecule has 0 radical (unpaired) electrons. The Labute approximate surface area is 166 Å². The second-order valence-corrected chi connectivity index (χ2v) is 6.68. The number of hydrogen-bond donors (Lipinski definition) is 1. The Morgan fingerprint density at radius 2 is 1.73 bits per heavy atom. The lowest BCUT2D eigenvalue weighted by Crippen LogP contribution is -2.22. The summed E-state index contributed by atoms with van der Waals surface area (Å²) < 4.78 is 10.2. The maximum atomic E-state index is 11.9. The van der Waals surface area contributed by atoms with Gasteiger partial charge in [0.1, 0.15) is 5.75 Å². The van der Waals surface area contributed by atoms with Crippen molar-refractivity contribution in [2.45, 2.75) is 13.3 Å². The Bertz CT molecular complexity index is 816. The molecule has 0 unspecified atom stereocenters. The number of anilines is 1. The molecular formula is C18H16Cl3NO4. The van der Waals surface area contributed by atoms with Crippen LogP contribution in [0.15, 0.2) is 30.3 Å². The fourth-order valence-corrected chi connectivity index (χ4v) is 3.09. The molecule has 138 valence electrons. The summed E-state index contributed by atoms with van der Waals surface area (Å²) in [6.07, 6.45) is 0.0202. The van der Waals surface area contributed by atoms with E-state index in [-0.39, 0.29) is 22.2 Å². The maximum Gasteiger partial charge on any atom is 0.310 e. The topological polar surface area (TPSA) is 64.6 Å². The zero-order chi connectivity index (χ0) is 19.3. The predicted octanol–water partition coefficient (Wildman–Crippen LogP) is 4.69. The van der Waals surface area contributed by atoms with E-state index in [2.05, 4.69) is 5.32 Å². The first-order valence-electron chi connectivity index (χ1n) is 7.53. The van der Waals surface area contributed by atoms with Crippen LogP contribution in [-0.2, 0) is 20.7 Å². The molecule has 2 aromatic carbocycles. The Hall–Kier alpha value is -1.95. The number of esters is 1. The number of nitrogens with one attached hydrogen (secondary N) is 1. The van der Waals surface area contributed by atoms with Crippen LogP contribution in [0.2, 0.25) is 15.1 Å². The van der Waals surface area contributed by atoms with Crippen LogP contribution in [0, 0.1) is 6.92 Å². The molecule has 26 heavy (non-hydrogen) atoms. The highest BCUT2D eigenvalue weighted by Gasteiger charge is 2.14. The first-order chi connectivity index (χ1) is 12.3. The second kappa shape index (κ2) is 9.12. The molecule has 8 heteroatoms. The SMILES string of the molecule is COc1cc(CC(=O)OCC(=O)Nc2c(Cl)cc(Cl)cc2Cl)ccc1C. The van der Waals surface area contributed by atoms with Gasteiger partial charge in [-0.3, -0.25) is 9.59 Å². The molecule has 0 aliphatic rings. The molecule has 2 rings (SSSR count). The lowest BCUT2D eigenvalue weighted by molar-refractivity contribution is -0.146. The first-order valence-corrected chi connectivity index (χ1v) is 8.67. The number of ether oxygens (including phenoxy) is 2. The van der Waals surface area contributed by atoms with Gasteiger partial charge in [-0.1, -0.05) is 46.9 Å². The minimum absolute atomic E-state index is 0.0202. The molecule has 1 amide bonds. The Morgan fingerprint density at radius 1 is 1.08 bits per heavy atom. The third-order valence-electron chi connectivity index (χ3n) is 3.46. The highest BCUT2D eigenvalue weighted by atomic mass is 35.5. The summed E-state index contributed by atoms with van der Waals surface area (Å²) in [6.45, 7) is 1.44. The molecule has 0 atom stereocenters. The van der Waals surface area contributed by atoms with Crippen LogP contribution in [0.25, 0.3) is 0 Å². The van der Waals surface area contributed by atoms with Gasteiger partial charge in [-0.25, -0.2) is 0 Å². The molecule has 1 N–H and O–H groups in total. The van der Waals surface area contributed by atoms with Gasteiger partial charge < -0.3 is 14.8 Å². The number of halogens is 3. The second-order valence-electron chi connectivity index (χ2n) is 5.43. The van der Waals surface area contributed by atoms with Crippen molar-refractivity contribution in [3.8, 4) is 5.75 Å². The van der Waals surface area contributed by atoms with Gasteiger partial charge in [0.15, 0.2) is 6.61 Å². The van der Waals surface area contributed by atoms with Gasteiger partial charge in [0.05, 0.1) is 29.3 Å². The fraction of sp³-hybridized carbons (Fsp3) is 0.222. The van der Waals surface area contributed by atoms with Gasteiger partial charge in [0, 0.05) is 5.02 Å². The zero-order valence-electron chi connectivity index (χ0n) is 14.1. The van der Waals surface area contributed by atoms with E-state index < -0.39 is 18.5 Å². The first kappa shape index (κ1) is 20.4. The average molecular weight is 417 g/mol. The van der Waals surface area contributed by atoms with E-state index >= 15 is 0 Å². The summed E-state index contributed by atoms with van der Waals surface area (Å²) in [6, 6.07) is 8.29. The van der Waals surface area contributed by atoms with Crippen molar-refractivity contribution in [2.24, 2.45) is 0 Å². The smallest absolute Gasteiger partial charge is 0.310 e. The van der Waals surface area contributed by atoms with Crippen LogP contribution in [-0.4, -0.2) is 25.6 Å². The Balaban J connectivity index is 1.90. The molecule has 0 saturated carbocycles. The quantitative estimate of drug-likeness (QED) is 0.694. The van der Waals surface area contributed by atoms with Crippen molar-refractivity contribution in [3.63, 3.8) is 0 Å². The molecule has 0 heterocycles. The third-order valence-corrected chi connectivity index (χ3v) is 4.27. The molecule has 5 nitrogen and oxygen atoms in total. The number of benzene rings is 2. The Morgan fingerprint density at radius 3 is 2.35 bits per heavy atom. The van der Waals surface area contributed by atoms with E-state index in [0.717, 1.165) is 11.1 Å². The normalized spacial score (nSPS) is 10.3. The van der Waals surface area contributed by atoms with Crippen LogP contribution in [0.5, 0.6) is 5.75 Å². The van der Waals surface area contributed by atoms with Crippen LogP contribution >= 0.6 is 34.8 Å². The van der Waals surface area contributed by atoms with Gasteiger partial charge in [0.2, 0.25) is 0 Å². The number of methoxy groups -OCH3 is 1. The van der Waals surface area contributed by atoms with E-state index in [4.69, 9.17) is 44.3 Å². The lowest BCUT2D eigenvalue weighted by atomic mass is 10.1. The van der Waals surface area contributed by atoms with Gasteiger partial charge in [0.25, 0.3) is 5.91 Å². The van der Waals surface area contributed by atoms with Gasteiger partial charge in [-0.2, -0.15) is 0 Å². The van der Waals surface area contributed by atoms with Crippen molar-refractivity contribution in [2.75, 3.05) is 19.0 Å². The Kier molecular flexibility index (Phi) is 7.14. The summed E-state index contributed by atoms with van der Waals surface area (Å²) in [7, 11) is 1.56. The molecule has 0 aromatic heterocycles. The van der Waals surface area contributed by atoms with E-state index in [1.807, 2.05) is 13.0 Å². The molecule has 0 saturated heterocycles. The average Bonchev–Trinajstić information content (AvgIpc) is 2.58. The van der Waals surface area contributed by atoms with E-state index in [1.165, 1.54) is 12.1 Å². The number of aryl methyl sites for hydroxylation is 1. The standard InChI is InChI=1S/C18H16Cl3NO4/c1-10-3-4-11(5-15(10)25-2)6-17(24)26-9-16(23)22-18-13(20)7-12(19)8-14(18)21/h3-5,7-8H,6,9H2,1-2H3,(H,22,23). The van der Waals surface area contributed by atoms with Crippen molar-refractivity contribution < 1.29 is 19.1 Å². The molecular weight excluding hydrogens is 401 g/mol. The van der Waals surface area contributed by atoms with E-state index in [1.54, 1.807) is 19.2 Å². The van der Waals surface area contributed by atoms with Gasteiger partial charge >= 0.3 is 5.97 Å². The molecule has 0 aliphatic carbocycles. The lowest BCUT2D eigenvalue weighted by Gasteiger charge is -2.11. The number of hydrogen-bond acceptors (Lipinski definition) is 4. The minimum Gasteiger partial charge on any atom is -0.496 e. The molecule has 2 aromatic rings. The maximum absolute atomic E-state index is 11.9. The fourth-order valence-electron chi connectivity index (χ4n) is 2.18. The van der Waals surface area contributed by atoms with Crippen molar-refractivity contribution in [3.05, 3.63) is 56.5 Å². The van der Waals surface area contributed by atoms with Crippen LogP contribution in [0.1, 0.15) is 11.1 Å². The van der Waals surface area contributed by atoms with E-state index in [0.29, 0.717) is 10.8 Å². The minimum atomic E-state index is -0.564. The van der Waals surface area contributed by atoms with Crippen molar-refractivity contribution >= 4 is 52.4 Å². The predicted molar refractivity (Wildman–Crippen MR) is 102 cm³/mol. The van der Waals surface area contributed by atoms with Crippen molar-refractivity contribution in [1.82, 2.24) is 0 Å². The van der Waals surface area contributed by atoms with E-state index in [9.17, 15) is 9.59 Å². The zero-order valence-corrected chi connectivity index (χ0v) is 16.3. The van der Waals surface area contributed by atoms with Crippen LogP contribution < -0.4 is 10.1 Å². The molecule has 0 aliphatic heterocycles. The summed E-state index contributed by atoms with van der Waals surface area (Å²) in [5.41, 5.74) is 1.89. The number of rotatable bonds is 6. The number of carbonyl (C=O) groups is 2. The third kappa shape index (κ3) is 5.53. The van der Waals surface area contributed by atoms with Crippen LogP contribution in [0.3, 0.4) is 0 Å². The van der Waals surface area contributed by atoms with Crippen LogP contribution in [0.4, 0.5) is 5.69 Å². The summed E-state index contributed by atoms with van der Waals surface area (Å²) in [5.74, 6) is -0.426. The van der Waals surface area contributed by atoms with Crippen molar-refractivity contribution in [1.29, 1.82) is 0 Å². The highest BCUT2D eigenvalue weighted by Crippen LogP contribution is 2.33. The number of amides is 1. The summed E-state index contributed by atoms with van der Waals surface area (Å²) >= 11 is 17.8.